The topological polar surface area (TPSA) is 176 Å². The molecule has 2 aromatic rings. The summed E-state index contributed by atoms with van der Waals surface area (Å²) in [5, 5.41) is 10.8. The molecule has 49 heavy (non-hydrogen) atoms. The number of rotatable bonds is 11. The van der Waals surface area contributed by atoms with Crippen LogP contribution in [0, 0.1) is 11.3 Å². The Morgan fingerprint density at radius 2 is 1.78 bits per heavy atom. The number of carbonyl (C=O) groups excluding carboxylic acids is 4. The molecule has 13 nitrogen and oxygen atoms in total. The van der Waals surface area contributed by atoms with E-state index in [9.17, 15) is 27.6 Å². The molecule has 0 radical (unpaired) electrons. The predicted octanol–water partition coefficient (Wildman–Crippen LogP) is 3.80. The summed E-state index contributed by atoms with van der Waals surface area (Å²) < 4.78 is 32.9. The molecule has 2 heterocycles. The number of amides is 4. The molecule has 1 saturated heterocycles. The Bertz CT molecular complexity index is 1710. The molecular weight excluding hydrogens is 669 g/mol. The second kappa shape index (κ2) is 13.4. The molecule has 5 rings (SSSR count). The molecule has 3 aliphatic rings. The van der Waals surface area contributed by atoms with Crippen molar-refractivity contribution in [1.82, 2.24) is 25.2 Å². The Morgan fingerprint density at radius 1 is 1.10 bits per heavy atom. The third-order valence-electron chi connectivity index (χ3n) is 8.81. The van der Waals surface area contributed by atoms with Crippen LogP contribution in [0.15, 0.2) is 48.4 Å². The summed E-state index contributed by atoms with van der Waals surface area (Å²) in [6, 6.07) is 7.15. The number of anilines is 1. The fraction of sp³-hybridized carbons (Fsp3) is 0.559. The van der Waals surface area contributed by atoms with Gasteiger partial charge in [0.2, 0.25) is 21.8 Å². The van der Waals surface area contributed by atoms with Gasteiger partial charge in [0.1, 0.15) is 23.2 Å². The van der Waals surface area contributed by atoms with Crippen molar-refractivity contribution in [2.75, 3.05) is 11.9 Å². The Morgan fingerprint density at radius 3 is 2.35 bits per heavy atom. The quantitative estimate of drug-likeness (QED) is 0.252. The molecule has 2 saturated carbocycles. The number of carbonyl (C=O) groups is 4. The molecule has 4 amide bonds. The van der Waals surface area contributed by atoms with Gasteiger partial charge in [-0.15, -0.1) is 17.9 Å². The van der Waals surface area contributed by atoms with E-state index in [1.807, 2.05) is 35.7 Å². The molecule has 5 unspecified atom stereocenters. The van der Waals surface area contributed by atoms with E-state index in [0.29, 0.717) is 18.0 Å². The first-order valence-corrected chi connectivity index (χ1v) is 18.8. The molecule has 4 N–H and O–H groups in total. The van der Waals surface area contributed by atoms with Gasteiger partial charge in [0.05, 0.1) is 10.9 Å². The minimum absolute atomic E-state index is 0.0971. The molecule has 2 aliphatic carbocycles. The number of thiazole rings is 1. The molecule has 15 heteroatoms. The summed E-state index contributed by atoms with van der Waals surface area (Å²) >= 11 is 1.39. The maximum Gasteiger partial charge on any atom is 0.408 e. The summed E-state index contributed by atoms with van der Waals surface area (Å²) in [5.74, 6) is -2.43. The number of nitrogens with zero attached hydrogens (tertiary/aromatic N) is 2. The standard InChI is InChI=1S/C34H46N6O7S2/c1-8-21-17-34(21,29(43)39-49(45,46)23-14-15-23)38-27(41)25-16-22(35-30-36-24(19-48-30)20-12-10-9-11-13-20)18-40(25)28(42)26(32(2,3)4)37-31(44)47-33(5,6)7/h8-13,19,21-23,25-26H,1,14-18H2,2-7H3,(H,35,36)(H,37,44)(H,38,41)(H,39,43). The largest absolute Gasteiger partial charge is 0.444 e. The minimum atomic E-state index is -3.87. The van der Waals surface area contributed by atoms with Crippen LogP contribution in [-0.4, -0.2) is 83.2 Å². The molecule has 5 atom stereocenters. The highest BCUT2D eigenvalue weighted by atomic mass is 32.2. The van der Waals surface area contributed by atoms with Gasteiger partial charge < -0.3 is 25.6 Å². The average molecular weight is 715 g/mol. The van der Waals surface area contributed by atoms with Gasteiger partial charge in [-0.25, -0.2) is 18.2 Å². The van der Waals surface area contributed by atoms with Crippen LogP contribution < -0.4 is 20.7 Å². The van der Waals surface area contributed by atoms with Gasteiger partial charge >= 0.3 is 6.09 Å². The monoisotopic (exact) mass is 714 g/mol. The normalized spacial score (nSPS) is 24.4. The zero-order valence-corrected chi connectivity index (χ0v) is 30.4. The van der Waals surface area contributed by atoms with Crippen LogP contribution in [0.25, 0.3) is 11.3 Å². The predicted molar refractivity (Wildman–Crippen MR) is 187 cm³/mol. The number of aromatic nitrogens is 1. The number of alkyl carbamates (subject to hydrolysis) is 1. The van der Waals surface area contributed by atoms with Gasteiger partial charge in [0, 0.05) is 29.4 Å². The Balaban J connectivity index is 1.40. The van der Waals surface area contributed by atoms with Crippen molar-refractivity contribution in [3.8, 4) is 11.3 Å². The SMILES string of the molecule is C=CC1CC1(NC(=O)C1CC(Nc2nc(-c3ccccc3)cs2)CN1C(=O)C(NC(=O)OC(C)(C)C)C(C)(C)C)C(=O)NS(=O)(=O)C1CC1. The van der Waals surface area contributed by atoms with Crippen molar-refractivity contribution in [2.45, 2.75) is 102 Å². The molecule has 1 aromatic carbocycles. The summed E-state index contributed by atoms with van der Waals surface area (Å²) in [5.41, 5.74) is -1.37. The third kappa shape index (κ3) is 8.43. The molecule has 1 aromatic heterocycles. The zero-order chi connectivity index (χ0) is 35.9. The first-order chi connectivity index (χ1) is 22.8. The van der Waals surface area contributed by atoms with Crippen LogP contribution in [-0.2, 0) is 29.1 Å². The summed E-state index contributed by atoms with van der Waals surface area (Å²) in [4.78, 5) is 60.9. The van der Waals surface area contributed by atoms with Crippen molar-refractivity contribution in [2.24, 2.45) is 11.3 Å². The summed E-state index contributed by atoms with van der Waals surface area (Å²) in [7, 11) is -3.87. The molecule has 1 aliphatic heterocycles. The smallest absolute Gasteiger partial charge is 0.408 e. The van der Waals surface area contributed by atoms with Crippen molar-refractivity contribution < 1.29 is 32.3 Å². The Hall–Kier alpha value is -3.98. The minimum Gasteiger partial charge on any atom is -0.444 e. The van der Waals surface area contributed by atoms with E-state index in [1.54, 1.807) is 41.5 Å². The van der Waals surface area contributed by atoms with E-state index in [0.717, 1.165) is 11.3 Å². The Labute approximate surface area is 291 Å². The number of hydrogen-bond donors (Lipinski definition) is 4. The van der Waals surface area contributed by atoms with E-state index in [-0.39, 0.29) is 19.4 Å². The lowest BCUT2D eigenvalue weighted by Crippen LogP contribution is -2.60. The number of nitrogens with one attached hydrogen (secondary N) is 4. The van der Waals surface area contributed by atoms with Gasteiger partial charge in [-0.1, -0.05) is 57.2 Å². The molecule has 0 bridgehead atoms. The fourth-order valence-corrected chi connectivity index (χ4v) is 8.11. The van der Waals surface area contributed by atoms with Gasteiger partial charge in [0.25, 0.3) is 5.91 Å². The summed E-state index contributed by atoms with van der Waals surface area (Å²) in [6.45, 7) is 14.4. The third-order valence-corrected chi connectivity index (χ3v) is 11.4. The number of ether oxygens (including phenoxy) is 1. The van der Waals surface area contributed by atoms with E-state index >= 15 is 0 Å². The molecular formula is C34H46N6O7S2. The maximum absolute atomic E-state index is 14.4. The van der Waals surface area contributed by atoms with E-state index in [1.165, 1.54) is 22.3 Å². The van der Waals surface area contributed by atoms with E-state index in [2.05, 4.69) is 27.3 Å². The second-order valence-corrected chi connectivity index (χ2v) is 17.9. The van der Waals surface area contributed by atoms with Crippen LogP contribution in [0.3, 0.4) is 0 Å². The number of benzene rings is 1. The second-order valence-electron chi connectivity index (χ2n) is 15.1. The van der Waals surface area contributed by atoms with Crippen molar-refractivity contribution in [3.63, 3.8) is 0 Å². The number of sulfonamides is 1. The highest BCUT2D eigenvalue weighted by molar-refractivity contribution is 7.91. The van der Waals surface area contributed by atoms with Crippen LogP contribution >= 0.6 is 11.3 Å². The lowest BCUT2D eigenvalue weighted by atomic mass is 9.85. The average Bonchev–Trinajstić information content (AvgIpc) is 3.90. The lowest BCUT2D eigenvalue weighted by Gasteiger charge is -2.36. The first kappa shape index (κ1) is 36.3. The lowest BCUT2D eigenvalue weighted by molar-refractivity contribution is -0.142. The maximum atomic E-state index is 14.4. The highest BCUT2D eigenvalue weighted by Gasteiger charge is 2.62. The summed E-state index contributed by atoms with van der Waals surface area (Å²) in [6.07, 6.45) is 2.02. The van der Waals surface area contributed by atoms with Crippen molar-refractivity contribution >= 4 is 50.3 Å². The van der Waals surface area contributed by atoms with Crippen molar-refractivity contribution in [1.29, 1.82) is 0 Å². The van der Waals surface area contributed by atoms with Gasteiger partial charge in [0.15, 0.2) is 5.13 Å². The van der Waals surface area contributed by atoms with Crippen LogP contribution in [0.1, 0.15) is 67.2 Å². The molecule has 3 fully saturated rings. The van der Waals surface area contributed by atoms with Crippen molar-refractivity contribution in [3.05, 3.63) is 48.4 Å². The number of likely N-dealkylation sites (tertiary alicyclic amines) is 1. The zero-order valence-electron chi connectivity index (χ0n) is 28.7. The van der Waals surface area contributed by atoms with Crippen LogP contribution in [0.2, 0.25) is 0 Å². The van der Waals surface area contributed by atoms with Gasteiger partial charge in [-0.3, -0.25) is 19.1 Å². The van der Waals surface area contributed by atoms with Gasteiger partial charge in [-0.2, -0.15) is 0 Å². The molecule has 0 spiro atoms. The van der Waals surface area contributed by atoms with Crippen LogP contribution in [0.5, 0.6) is 0 Å². The van der Waals surface area contributed by atoms with Gasteiger partial charge in [-0.05, 0) is 51.9 Å². The fourth-order valence-electron chi connectivity index (χ4n) is 5.95. The molecule has 266 valence electrons. The van der Waals surface area contributed by atoms with E-state index in [4.69, 9.17) is 9.72 Å². The highest BCUT2D eigenvalue weighted by Crippen LogP contribution is 2.45. The van der Waals surface area contributed by atoms with Crippen LogP contribution in [0.4, 0.5) is 9.93 Å². The first-order valence-electron chi connectivity index (χ1n) is 16.4. The van der Waals surface area contributed by atoms with E-state index < -0.39 is 79.7 Å². The number of hydrogen-bond acceptors (Lipinski definition) is 10. The Kier molecular flexibility index (Phi) is 9.92.